The van der Waals surface area contributed by atoms with E-state index in [2.05, 4.69) is 4.74 Å². The summed E-state index contributed by atoms with van der Waals surface area (Å²) >= 11 is 0. The first-order valence-electron chi connectivity index (χ1n) is 4.83. The first-order chi connectivity index (χ1) is 8.13. The van der Waals surface area contributed by atoms with Crippen molar-refractivity contribution in [3.05, 3.63) is 39.7 Å². The minimum absolute atomic E-state index is 0.0800. The molecule has 1 aliphatic rings. The number of epoxide rings is 1. The van der Waals surface area contributed by atoms with Crippen molar-refractivity contribution in [1.82, 2.24) is 0 Å². The monoisotopic (exact) mass is 243 g/mol. The van der Waals surface area contributed by atoms with Crippen LogP contribution in [0.25, 0.3) is 0 Å². The maximum absolute atomic E-state index is 13.3. The van der Waals surface area contributed by atoms with Crippen LogP contribution in [0.15, 0.2) is 18.2 Å². The number of hydrogen-bond acceptors (Lipinski definition) is 5. The third-order valence-corrected chi connectivity index (χ3v) is 2.30. The van der Waals surface area contributed by atoms with E-state index < -0.39 is 22.7 Å². The van der Waals surface area contributed by atoms with Crippen LogP contribution in [0.3, 0.4) is 0 Å². The summed E-state index contributed by atoms with van der Waals surface area (Å²) in [7, 11) is 1.48. The van der Waals surface area contributed by atoms with Crippen LogP contribution in [-0.2, 0) is 14.2 Å². The van der Waals surface area contributed by atoms with Gasteiger partial charge in [0, 0.05) is 13.2 Å². The van der Waals surface area contributed by atoms with Crippen molar-refractivity contribution < 1.29 is 23.5 Å². The highest BCUT2D eigenvalue weighted by Gasteiger charge is 2.42. The van der Waals surface area contributed by atoms with Crippen molar-refractivity contribution in [2.75, 3.05) is 13.9 Å². The van der Waals surface area contributed by atoms with E-state index in [0.29, 0.717) is 5.56 Å². The molecule has 1 aromatic rings. The number of halogens is 1. The highest BCUT2D eigenvalue weighted by atomic mass is 19.1. The summed E-state index contributed by atoms with van der Waals surface area (Å²) in [6, 6.07) is 3.64. The molecule has 92 valence electrons. The Balaban J connectivity index is 2.04. The Bertz CT molecular complexity index is 439. The van der Waals surface area contributed by atoms with Crippen molar-refractivity contribution in [2.45, 2.75) is 12.4 Å². The van der Waals surface area contributed by atoms with Crippen LogP contribution < -0.4 is 0 Å². The molecular weight excluding hydrogens is 233 g/mol. The van der Waals surface area contributed by atoms with E-state index >= 15 is 0 Å². The van der Waals surface area contributed by atoms with Crippen molar-refractivity contribution in [2.24, 2.45) is 0 Å². The van der Waals surface area contributed by atoms with Crippen molar-refractivity contribution in [3.8, 4) is 0 Å². The van der Waals surface area contributed by atoms with Gasteiger partial charge in [0.1, 0.15) is 12.9 Å². The second-order valence-electron chi connectivity index (χ2n) is 3.47. The molecule has 0 radical (unpaired) electrons. The third-order valence-electron chi connectivity index (χ3n) is 2.30. The minimum atomic E-state index is -0.881. The van der Waals surface area contributed by atoms with Gasteiger partial charge in [0.2, 0.25) is 5.82 Å². The van der Waals surface area contributed by atoms with Crippen molar-refractivity contribution in [1.29, 1.82) is 0 Å². The molecule has 6 nitrogen and oxygen atoms in total. The summed E-state index contributed by atoms with van der Waals surface area (Å²) in [4.78, 5) is 9.65. The molecule has 2 unspecified atom stereocenters. The molecule has 1 heterocycles. The predicted molar refractivity (Wildman–Crippen MR) is 53.6 cm³/mol. The molecule has 7 heteroatoms. The fourth-order valence-electron chi connectivity index (χ4n) is 1.44. The first kappa shape index (κ1) is 11.9. The highest BCUT2D eigenvalue weighted by molar-refractivity contribution is 5.36. The normalized spacial score (nSPS) is 22.5. The summed E-state index contributed by atoms with van der Waals surface area (Å²) < 4.78 is 28.2. The zero-order chi connectivity index (χ0) is 12.4. The van der Waals surface area contributed by atoms with Gasteiger partial charge in [0.15, 0.2) is 6.29 Å². The average Bonchev–Trinajstić information content (AvgIpc) is 3.05. The van der Waals surface area contributed by atoms with Gasteiger partial charge >= 0.3 is 5.69 Å². The lowest BCUT2D eigenvalue weighted by Crippen LogP contribution is -2.01. The lowest BCUT2D eigenvalue weighted by atomic mass is 10.1. The summed E-state index contributed by atoms with van der Waals surface area (Å²) in [5.74, 6) is -0.881. The van der Waals surface area contributed by atoms with E-state index in [0.717, 1.165) is 12.1 Å². The minimum Gasteiger partial charge on any atom is -0.359 e. The highest BCUT2D eigenvalue weighted by Crippen LogP contribution is 2.40. The Kier molecular flexibility index (Phi) is 3.32. The molecule has 2 atom stereocenters. The number of nitro benzene ring substituents is 1. The van der Waals surface area contributed by atoms with Crippen LogP contribution in [-0.4, -0.2) is 25.1 Å². The molecule has 2 rings (SSSR count). The second-order valence-corrected chi connectivity index (χ2v) is 3.47. The summed E-state index contributed by atoms with van der Waals surface area (Å²) in [5, 5.41) is 10.4. The molecule has 0 bridgehead atoms. The van der Waals surface area contributed by atoms with Crippen molar-refractivity contribution in [3.63, 3.8) is 0 Å². The Morgan fingerprint density at radius 2 is 2.35 bits per heavy atom. The number of methoxy groups -OCH3 is 1. The Labute approximate surface area is 96.0 Å². The number of rotatable bonds is 5. The van der Waals surface area contributed by atoms with Crippen LogP contribution in [0.5, 0.6) is 0 Å². The molecule has 0 N–H and O–H groups in total. The Hall–Kier alpha value is -1.57. The van der Waals surface area contributed by atoms with Crippen molar-refractivity contribution >= 4 is 5.69 Å². The quantitative estimate of drug-likeness (QED) is 0.341. The molecule has 0 saturated carbocycles. The van der Waals surface area contributed by atoms with E-state index in [1.807, 2.05) is 0 Å². The van der Waals surface area contributed by atoms with Gasteiger partial charge in [-0.25, -0.2) is 0 Å². The van der Waals surface area contributed by atoms with Gasteiger partial charge in [-0.05, 0) is 17.7 Å². The molecule has 1 aromatic carbocycles. The Morgan fingerprint density at radius 1 is 1.59 bits per heavy atom. The van der Waals surface area contributed by atoms with E-state index in [-0.39, 0.29) is 12.9 Å². The van der Waals surface area contributed by atoms with Crippen LogP contribution in [0.2, 0.25) is 0 Å². The van der Waals surface area contributed by atoms with Crippen LogP contribution >= 0.6 is 0 Å². The first-order valence-corrected chi connectivity index (χ1v) is 4.83. The fourth-order valence-corrected chi connectivity index (χ4v) is 1.44. The van der Waals surface area contributed by atoms with Gasteiger partial charge in [0.25, 0.3) is 0 Å². The molecular formula is C10H10FNO5. The molecule has 1 saturated heterocycles. The molecule has 17 heavy (non-hydrogen) atoms. The summed E-state index contributed by atoms with van der Waals surface area (Å²) in [5.41, 5.74) is -0.0436. The molecule has 0 aromatic heterocycles. The topological polar surface area (TPSA) is 74.1 Å². The third kappa shape index (κ3) is 2.57. The van der Waals surface area contributed by atoms with Crippen LogP contribution in [0.1, 0.15) is 11.7 Å². The number of nitrogens with zero attached hydrogens (tertiary/aromatic N) is 1. The predicted octanol–water partition coefficient (Wildman–Crippen LogP) is 1.75. The lowest BCUT2D eigenvalue weighted by molar-refractivity contribution is -0.387. The maximum Gasteiger partial charge on any atom is 0.304 e. The molecule has 1 fully saturated rings. The zero-order valence-electron chi connectivity index (χ0n) is 8.96. The van der Waals surface area contributed by atoms with Gasteiger partial charge in [-0.3, -0.25) is 10.1 Å². The van der Waals surface area contributed by atoms with E-state index in [1.165, 1.54) is 13.2 Å². The SMILES string of the molecule is COCOC1OC1c1ccc([N+](=O)[O-])c(F)c1. The van der Waals surface area contributed by atoms with Gasteiger partial charge in [-0.15, -0.1) is 0 Å². The maximum atomic E-state index is 13.3. The largest absolute Gasteiger partial charge is 0.359 e. The Morgan fingerprint density at radius 3 is 2.94 bits per heavy atom. The van der Waals surface area contributed by atoms with Gasteiger partial charge < -0.3 is 14.2 Å². The molecule has 0 amide bonds. The van der Waals surface area contributed by atoms with E-state index in [9.17, 15) is 14.5 Å². The van der Waals surface area contributed by atoms with E-state index in [1.54, 1.807) is 0 Å². The standard InChI is InChI=1S/C10H10FNO5/c1-15-5-16-10-9(17-10)6-2-3-8(12(13)14)7(11)4-6/h2-4,9-10H,5H2,1H3. The average molecular weight is 243 g/mol. The van der Waals surface area contributed by atoms with Gasteiger partial charge in [-0.1, -0.05) is 0 Å². The van der Waals surface area contributed by atoms with Gasteiger partial charge in [-0.2, -0.15) is 4.39 Å². The zero-order valence-corrected chi connectivity index (χ0v) is 8.96. The summed E-state index contributed by atoms with van der Waals surface area (Å²) in [6.07, 6.45) is -0.865. The van der Waals surface area contributed by atoms with E-state index in [4.69, 9.17) is 9.47 Å². The molecule has 0 aliphatic carbocycles. The number of nitro groups is 1. The lowest BCUT2D eigenvalue weighted by Gasteiger charge is -1.99. The smallest absolute Gasteiger partial charge is 0.304 e. The molecule has 1 aliphatic heterocycles. The van der Waals surface area contributed by atoms with Crippen LogP contribution in [0.4, 0.5) is 10.1 Å². The number of ether oxygens (including phenoxy) is 3. The summed E-state index contributed by atoms with van der Waals surface area (Å²) in [6.45, 7) is 0.0800. The number of benzene rings is 1. The number of hydrogen-bond donors (Lipinski definition) is 0. The molecule has 0 spiro atoms. The second kappa shape index (κ2) is 4.74. The fraction of sp³-hybridized carbons (Fsp3) is 0.400. The van der Waals surface area contributed by atoms with Crippen LogP contribution in [0, 0.1) is 15.9 Å². The van der Waals surface area contributed by atoms with Gasteiger partial charge in [0.05, 0.1) is 4.92 Å².